The maximum Gasteiger partial charge on any atom is 0.221 e. The number of hydrogen-bond donors (Lipinski definition) is 2. The molecular weight excluding hydrogens is 317 g/mol. The van der Waals surface area contributed by atoms with Crippen LogP contribution in [0.4, 0.5) is 0 Å². The predicted molar refractivity (Wildman–Crippen MR) is 86.6 cm³/mol. The zero-order chi connectivity index (χ0) is 13.5. The van der Waals surface area contributed by atoms with Gasteiger partial charge in [0.1, 0.15) is 0 Å². The maximum absolute atomic E-state index is 11.9. The Balaban J connectivity index is 0.00000200. The van der Waals surface area contributed by atoms with Crippen LogP contribution >= 0.6 is 24.8 Å². The SMILES string of the molecule is CC(CN1CCOCC1)NC(=O)CC1COCCN1.Cl.Cl. The molecule has 2 rings (SSSR count). The van der Waals surface area contributed by atoms with Gasteiger partial charge in [-0.25, -0.2) is 0 Å². The van der Waals surface area contributed by atoms with E-state index < -0.39 is 0 Å². The minimum Gasteiger partial charge on any atom is -0.379 e. The van der Waals surface area contributed by atoms with Gasteiger partial charge in [-0.1, -0.05) is 0 Å². The van der Waals surface area contributed by atoms with Crippen LogP contribution in [0, 0.1) is 0 Å². The fourth-order valence-electron chi connectivity index (χ4n) is 2.53. The highest BCUT2D eigenvalue weighted by molar-refractivity contribution is 5.85. The van der Waals surface area contributed by atoms with Gasteiger partial charge in [0, 0.05) is 44.7 Å². The number of halogens is 2. The van der Waals surface area contributed by atoms with Gasteiger partial charge in [0.15, 0.2) is 0 Å². The van der Waals surface area contributed by atoms with Gasteiger partial charge in [0.05, 0.1) is 26.4 Å². The largest absolute Gasteiger partial charge is 0.379 e. The molecule has 8 heteroatoms. The topological polar surface area (TPSA) is 62.8 Å². The molecule has 2 heterocycles. The van der Waals surface area contributed by atoms with Gasteiger partial charge in [0.2, 0.25) is 5.91 Å². The smallest absolute Gasteiger partial charge is 0.221 e. The highest BCUT2D eigenvalue weighted by Crippen LogP contribution is 2.01. The molecule has 0 bridgehead atoms. The molecule has 2 aliphatic heterocycles. The van der Waals surface area contributed by atoms with Crippen molar-refractivity contribution in [3.05, 3.63) is 0 Å². The van der Waals surface area contributed by atoms with E-state index in [0.717, 1.165) is 46.0 Å². The highest BCUT2D eigenvalue weighted by atomic mass is 35.5. The van der Waals surface area contributed by atoms with Gasteiger partial charge >= 0.3 is 0 Å². The molecule has 2 N–H and O–H groups in total. The van der Waals surface area contributed by atoms with Crippen LogP contribution in [0.25, 0.3) is 0 Å². The first-order valence-electron chi connectivity index (χ1n) is 7.14. The number of carbonyl (C=O) groups is 1. The number of hydrogen-bond acceptors (Lipinski definition) is 5. The van der Waals surface area contributed by atoms with Crippen molar-refractivity contribution in [2.45, 2.75) is 25.4 Å². The van der Waals surface area contributed by atoms with Crippen molar-refractivity contribution >= 4 is 30.7 Å². The van der Waals surface area contributed by atoms with Gasteiger partial charge in [-0.2, -0.15) is 0 Å². The molecule has 0 radical (unpaired) electrons. The summed E-state index contributed by atoms with van der Waals surface area (Å²) in [6.07, 6.45) is 0.494. The van der Waals surface area contributed by atoms with Crippen LogP contribution in [0.2, 0.25) is 0 Å². The Labute approximate surface area is 139 Å². The summed E-state index contributed by atoms with van der Waals surface area (Å²) in [5, 5.41) is 6.35. The Morgan fingerprint density at radius 3 is 2.62 bits per heavy atom. The minimum atomic E-state index is 0. The Morgan fingerprint density at radius 2 is 2.00 bits per heavy atom. The molecule has 21 heavy (non-hydrogen) atoms. The summed E-state index contributed by atoms with van der Waals surface area (Å²) in [5.74, 6) is 0.101. The second-order valence-corrected chi connectivity index (χ2v) is 5.31. The van der Waals surface area contributed by atoms with Crippen LogP contribution < -0.4 is 10.6 Å². The van der Waals surface area contributed by atoms with Gasteiger partial charge in [-0.3, -0.25) is 9.69 Å². The van der Waals surface area contributed by atoms with E-state index >= 15 is 0 Å². The molecule has 0 aromatic carbocycles. The fraction of sp³-hybridized carbons (Fsp3) is 0.923. The van der Waals surface area contributed by atoms with E-state index in [2.05, 4.69) is 22.5 Å². The summed E-state index contributed by atoms with van der Waals surface area (Å²) in [4.78, 5) is 14.2. The molecule has 2 unspecified atom stereocenters. The zero-order valence-corrected chi connectivity index (χ0v) is 14.1. The molecule has 0 aromatic rings. The maximum atomic E-state index is 11.9. The molecule has 0 aliphatic carbocycles. The van der Waals surface area contributed by atoms with Crippen molar-refractivity contribution in [3.63, 3.8) is 0 Å². The van der Waals surface area contributed by atoms with Crippen LogP contribution in [0.1, 0.15) is 13.3 Å². The average Bonchev–Trinajstić information content (AvgIpc) is 2.40. The summed E-state index contributed by atoms with van der Waals surface area (Å²) in [7, 11) is 0. The molecule has 2 fully saturated rings. The summed E-state index contributed by atoms with van der Waals surface area (Å²) >= 11 is 0. The van der Waals surface area contributed by atoms with Crippen molar-refractivity contribution in [2.24, 2.45) is 0 Å². The molecule has 2 aliphatic rings. The van der Waals surface area contributed by atoms with E-state index in [1.54, 1.807) is 0 Å². The minimum absolute atomic E-state index is 0. The monoisotopic (exact) mass is 343 g/mol. The average molecular weight is 344 g/mol. The summed E-state index contributed by atoms with van der Waals surface area (Å²) in [6.45, 7) is 8.66. The quantitative estimate of drug-likeness (QED) is 0.738. The predicted octanol–water partition coefficient (Wildman–Crippen LogP) is 0.0454. The van der Waals surface area contributed by atoms with Crippen LogP contribution in [-0.2, 0) is 14.3 Å². The number of morpholine rings is 2. The zero-order valence-electron chi connectivity index (χ0n) is 12.5. The number of nitrogens with zero attached hydrogens (tertiary/aromatic N) is 1. The molecule has 2 saturated heterocycles. The standard InChI is InChI=1S/C13H25N3O3.2ClH/c1-11(9-16-3-6-18-7-4-16)15-13(17)8-12-10-19-5-2-14-12;;/h11-12,14H,2-10H2,1H3,(H,15,17);2*1H. The fourth-order valence-corrected chi connectivity index (χ4v) is 2.53. The van der Waals surface area contributed by atoms with E-state index in [9.17, 15) is 4.79 Å². The molecule has 0 aromatic heterocycles. The Morgan fingerprint density at radius 1 is 1.29 bits per heavy atom. The van der Waals surface area contributed by atoms with E-state index in [0.29, 0.717) is 13.0 Å². The second-order valence-electron chi connectivity index (χ2n) is 5.31. The van der Waals surface area contributed by atoms with Crippen LogP contribution in [0.5, 0.6) is 0 Å². The summed E-state index contributed by atoms with van der Waals surface area (Å²) < 4.78 is 10.7. The Hall–Kier alpha value is -0.110. The van der Waals surface area contributed by atoms with E-state index in [4.69, 9.17) is 9.47 Å². The Kier molecular flexibility index (Phi) is 11.4. The number of nitrogens with one attached hydrogen (secondary N) is 2. The third-order valence-electron chi connectivity index (χ3n) is 3.47. The van der Waals surface area contributed by atoms with Crippen LogP contribution in [0.3, 0.4) is 0 Å². The first-order chi connectivity index (χ1) is 9.24. The van der Waals surface area contributed by atoms with E-state index in [1.165, 1.54) is 0 Å². The van der Waals surface area contributed by atoms with Crippen molar-refractivity contribution in [2.75, 3.05) is 52.6 Å². The molecule has 2 atom stereocenters. The lowest BCUT2D eigenvalue weighted by molar-refractivity contribution is -0.123. The molecule has 0 saturated carbocycles. The van der Waals surface area contributed by atoms with Crippen molar-refractivity contribution in [1.29, 1.82) is 0 Å². The lowest BCUT2D eigenvalue weighted by atomic mass is 10.2. The lowest BCUT2D eigenvalue weighted by Gasteiger charge is -2.30. The molecule has 1 amide bonds. The first kappa shape index (κ1) is 20.9. The van der Waals surface area contributed by atoms with Crippen LogP contribution in [0.15, 0.2) is 0 Å². The molecular formula is C13H27Cl2N3O3. The number of amides is 1. The van der Waals surface area contributed by atoms with Gasteiger partial charge in [-0.05, 0) is 6.92 Å². The molecule has 6 nitrogen and oxygen atoms in total. The van der Waals surface area contributed by atoms with Gasteiger partial charge in [0.25, 0.3) is 0 Å². The van der Waals surface area contributed by atoms with Crippen molar-refractivity contribution in [1.82, 2.24) is 15.5 Å². The number of rotatable bonds is 5. The first-order valence-corrected chi connectivity index (χ1v) is 7.14. The van der Waals surface area contributed by atoms with E-state index in [-0.39, 0.29) is 42.8 Å². The van der Waals surface area contributed by atoms with Crippen LogP contribution in [-0.4, -0.2) is 75.5 Å². The lowest BCUT2D eigenvalue weighted by Crippen LogP contribution is -2.48. The second kappa shape index (κ2) is 11.5. The van der Waals surface area contributed by atoms with E-state index in [1.807, 2.05) is 0 Å². The summed E-state index contributed by atoms with van der Waals surface area (Å²) in [6, 6.07) is 0.333. The Bertz CT molecular complexity index is 286. The van der Waals surface area contributed by atoms with Gasteiger partial charge in [-0.15, -0.1) is 24.8 Å². The molecule has 126 valence electrons. The van der Waals surface area contributed by atoms with Crippen molar-refractivity contribution < 1.29 is 14.3 Å². The van der Waals surface area contributed by atoms with Gasteiger partial charge < -0.3 is 20.1 Å². The van der Waals surface area contributed by atoms with Crippen molar-refractivity contribution in [3.8, 4) is 0 Å². The number of carbonyl (C=O) groups excluding carboxylic acids is 1. The third kappa shape index (κ3) is 8.18. The normalized spacial score (nSPS) is 24.3. The number of ether oxygens (including phenoxy) is 2. The molecule has 0 spiro atoms. The third-order valence-corrected chi connectivity index (χ3v) is 3.47. The summed E-state index contributed by atoms with van der Waals surface area (Å²) in [5.41, 5.74) is 0. The highest BCUT2D eigenvalue weighted by Gasteiger charge is 2.19.